The van der Waals surface area contributed by atoms with Gasteiger partial charge in [0.2, 0.25) is 5.95 Å². The van der Waals surface area contributed by atoms with Crippen LogP contribution >= 0.6 is 0 Å². The van der Waals surface area contributed by atoms with Gasteiger partial charge in [0.25, 0.3) is 5.91 Å². The number of hydrogen-bond donors (Lipinski definition) is 0. The molecule has 1 aromatic rings. The van der Waals surface area contributed by atoms with E-state index in [2.05, 4.69) is 4.98 Å². The standard InChI is InChI=1S/C11H11F5N2O/c1-6(2)18(5-11(14,15)16)10(19)7-3-4-17-9(13)8(7)12/h3-4,6H,5H2,1-2H3. The molecule has 1 amide bonds. The van der Waals surface area contributed by atoms with E-state index in [0.717, 1.165) is 12.3 Å². The van der Waals surface area contributed by atoms with Crippen LogP contribution in [0, 0.1) is 11.8 Å². The molecular weight excluding hydrogens is 271 g/mol. The molecule has 0 saturated heterocycles. The molecule has 0 N–H and O–H groups in total. The van der Waals surface area contributed by atoms with Crippen molar-refractivity contribution in [2.75, 3.05) is 6.54 Å². The third-order valence-electron chi connectivity index (χ3n) is 2.31. The van der Waals surface area contributed by atoms with Crippen LogP contribution in [0.3, 0.4) is 0 Å². The van der Waals surface area contributed by atoms with Gasteiger partial charge in [0.05, 0.1) is 5.56 Å². The molecule has 0 radical (unpaired) electrons. The van der Waals surface area contributed by atoms with Gasteiger partial charge in [-0.25, -0.2) is 9.37 Å². The second-order valence-electron chi connectivity index (χ2n) is 4.11. The third kappa shape index (κ3) is 3.87. The molecule has 0 fully saturated rings. The van der Waals surface area contributed by atoms with E-state index in [0.29, 0.717) is 4.90 Å². The average molecular weight is 282 g/mol. The van der Waals surface area contributed by atoms with Gasteiger partial charge in [0.15, 0.2) is 5.82 Å². The Morgan fingerprint density at radius 3 is 2.42 bits per heavy atom. The second-order valence-corrected chi connectivity index (χ2v) is 4.11. The number of rotatable bonds is 3. The largest absolute Gasteiger partial charge is 0.406 e. The minimum Gasteiger partial charge on any atom is -0.327 e. The fourth-order valence-electron chi connectivity index (χ4n) is 1.42. The Bertz CT molecular complexity index is 473. The average Bonchev–Trinajstić information content (AvgIpc) is 2.27. The topological polar surface area (TPSA) is 33.2 Å². The number of hydrogen-bond acceptors (Lipinski definition) is 2. The third-order valence-corrected chi connectivity index (χ3v) is 2.31. The van der Waals surface area contributed by atoms with Crippen molar-refractivity contribution >= 4 is 5.91 Å². The Kier molecular flexibility index (Phi) is 4.43. The summed E-state index contributed by atoms with van der Waals surface area (Å²) in [5, 5.41) is 0. The minimum atomic E-state index is -4.62. The van der Waals surface area contributed by atoms with Gasteiger partial charge in [-0.15, -0.1) is 0 Å². The van der Waals surface area contributed by atoms with Gasteiger partial charge >= 0.3 is 6.18 Å². The maximum atomic E-state index is 13.3. The number of carbonyl (C=O) groups excluding carboxylic acids is 1. The molecule has 106 valence electrons. The van der Waals surface area contributed by atoms with Crippen molar-refractivity contribution in [3.8, 4) is 0 Å². The molecule has 0 aliphatic rings. The number of alkyl halides is 3. The van der Waals surface area contributed by atoms with Gasteiger partial charge in [-0.2, -0.15) is 17.6 Å². The highest BCUT2D eigenvalue weighted by molar-refractivity contribution is 5.94. The number of carbonyl (C=O) groups is 1. The summed E-state index contributed by atoms with van der Waals surface area (Å²) in [4.78, 5) is 15.2. The zero-order valence-electron chi connectivity index (χ0n) is 10.1. The monoisotopic (exact) mass is 282 g/mol. The first kappa shape index (κ1) is 15.3. The zero-order valence-corrected chi connectivity index (χ0v) is 10.1. The summed E-state index contributed by atoms with van der Waals surface area (Å²) in [6.45, 7) is 1.16. The summed E-state index contributed by atoms with van der Waals surface area (Å²) < 4.78 is 63.2. The van der Waals surface area contributed by atoms with Crippen LogP contribution in [0.5, 0.6) is 0 Å². The summed E-state index contributed by atoms with van der Waals surface area (Å²) in [5.74, 6) is -4.31. The number of halogens is 5. The van der Waals surface area contributed by atoms with Gasteiger partial charge in [-0.1, -0.05) is 0 Å². The van der Waals surface area contributed by atoms with E-state index in [9.17, 15) is 26.7 Å². The van der Waals surface area contributed by atoms with Crippen molar-refractivity contribution in [2.24, 2.45) is 0 Å². The van der Waals surface area contributed by atoms with Gasteiger partial charge < -0.3 is 4.90 Å². The van der Waals surface area contributed by atoms with Crippen LogP contribution in [0.1, 0.15) is 24.2 Å². The summed E-state index contributed by atoms with van der Waals surface area (Å²) in [5.41, 5.74) is -0.773. The van der Waals surface area contributed by atoms with Gasteiger partial charge in [0, 0.05) is 12.2 Å². The zero-order chi connectivity index (χ0) is 14.8. The van der Waals surface area contributed by atoms with E-state index in [1.54, 1.807) is 0 Å². The van der Waals surface area contributed by atoms with Crippen LogP contribution in [-0.4, -0.2) is 34.6 Å². The van der Waals surface area contributed by atoms with E-state index in [4.69, 9.17) is 0 Å². The molecule has 0 unspecified atom stereocenters. The molecule has 1 heterocycles. The molecule has 0 aromatic carbocycles. The van der Waals surface area contributed by atoms with Gasteiger partial charge in [0.1, 0.15) is 6.54 Å². The van der Waals surface area contributed by atoms with E-state index < -0.39 is 42.0 Å². The molecule has 0 saturated carbocycles. The highest BCUT2D eigenvalue weighted by atomic mass is 19.4. The van der Waals surface area contributed by atoms with Gasteiger partial charge in [-0.3, -0.25) is 4.79 Å². The lowest BCUT2D eigenvalue weighted by Crippen LogP contribution is -2.43. The normalized spacial score (nSPS) is 11.8. The van der Waals surface area contributed by atoms with Crippen LogP contribution in [0.4, 0.5) is 22.0 Å². The Morgan fingerprint density at radius 2 is 1.95 bits per heavy atom. The second kappa shape index (κ2) is 5.50. The summed E-state index contributed by atoms with van der Waals surface area (Å²) >= 11 is 0. The Morgan fingerprint density at radius 1 is 1.37 bits per heavy atom. The Labute approximate surface area is 106 Å². The lowest BCUT2D eigenvalue weighted by atomic mass is 10.2. The molecule has 0 aliphatic carbocycles. The van der Waals surface area contributed by atoms with Crippen LogP contribution in [0.15, 0.2) is 12.3 Å². The van der Waals surface area contributed by atoms with E-state index in [-0.39, 0.29) is 0 Å². The first-order chi connectivity index (χ1) is 8.63. The van der Waals surface area contributed by atoms with Crippen molar-refractivity contribution in [3.63, 3.8) is 0 Å². The summed E-state index contributed by atoms with van der Waals surface area (Å²) in [6.07, 6.45) is -3.81. The number of pyridine rings is 1. The Hall–Kier alpha value is -1.73. The van der Waals surface area contributed by atoms with Crippen LogP contribution in [0.25, 0.3) is 0 Å². The highest BCUT2D eigenvalue weighted by Crippen LogP contribution is 2.21. The lowest BCUT2D eigenvalue weighted by Gasteiger charge is -2.27. The SMILES string of the molecule is CC(C)N(CC(F)(F)F)C(=O)c1ccnc(F)c1F. The molecular formula is C11H11F5N2O. The van der Waals surface area contributed by atoms with Crippen LogP contribution in [-0.2, 0) is 0 Å². The molecule has 1 rings (SSSR count). The molecule has 19 heavy (non-hydrogen) atoms. The fraction of sp³-hybridized carbons (Fsp3) is 0.455. The number of aromatic nitrogens is 1. The molecule has 0 bridgehead atoms. The van der Waals surface area contributed by atoms with Crippen LogP contribution in [0.2, 0.25) is 0 Å². The first-order valence-corrected chi connectivity index (χ1v) is 5.31. The smallest absolute Gasteiger partial charge is 0.327 e. The first-order valence-electron chi connectivity index (χ1n) is 5.31. The van der Waals surface area contributed by atoms with Crippen molar-refractivity contribution in [1.82, 2.24) is 9.88 Å². The van der Waals surface area contributed by atoms with Crippen molar-refractivity contribution in [2.45, 2.75) is 26.1 Å². The van der Waals surface area contributed by atoms with Crippen molar-refractivity contribution in [1.29, 1.82) is 0 Å². The Balaban J connectivity index is 3.10. The van der Waals surface area contributed by atoms with Gasteiger partial charge in [-0.05, 0) is 19.9 Å². The fourth-order valence-corrected chi connectivity index (χ4v) is 1.42. The van der Waals surface area contributed by atoms with E-state index in [1.165, 1.54) is 13.8 Å². The van der Waals surface area contributed by atoms with E-state index >= 15 is 0 Å². The predicted molar refractivity (Wildman–Crippen MR) is 56.4 cm³/mol. The summed E-state index contributed by atoms with van der Waals surface area (Å²) in [7, 11) is 0. The molecule has 3 nitrogen and oxygen atoms in total. The quantitative estimate of drug-likeness (QED) is 0.631. The molecule has 0 aliphatic heterocycles. The molecule has 8 heteroatoms. The number of nitrogens with zero attached hydrogens (tertiary/aromatic N) is 2. The molecule has 1 aromatic heterocycles. The maximum absolute atomic E-state index is 13.3. The highest BCUT2D eigenvalue weighted by Gasteiger charge is 2.35. The van der Waals surface area contributed by atoms with Crippen LogP contribution < -0.4 is 0 Å². The maximum Gasteiger partial charge on any atom is 0.406 e. The summed E-state index contributed by atoms with van der Waals surface area (Å²) in [6, 6.07) is 0.0247. The van der Waals surface area contributed by atoms with E-state index in [1.807, 2.05) is 0 Å². The molecule has 0 spiro atoms. The molecule has 0 atom stereocenters. The lowest BCUT2D eigenvalue weighted by molar-refractivity contribution is -0.143. The predicted octanol–water partition coefficient (Wildman–Crippen LogP) is 2.77. The minimum absolute atomic E-state index is 0.415. The van der Waals surface area contributed by atoms with Crippen molar-refractivity contribution < 1.29 is 26.7 Å². The van der Waals surface area contributed by atoms with Crippen molar-refractivity contribution in [3.05, 3.63) is 29.6 Å². The number of amides is 1.